The summed E-state index contributed by atoms with van der Waals surface area (Å²) >= 11 is 0. The highest BCUT2D eigenvalue weighted by molar-refractivity contribution is 5.78. The van der Waals surface area contributed by atoms with Gasteiger partial charge in [0.25, 0.3) is 0 Å². The van der Waals surface area contributed by atoms with Crippen LogP contribution in [0.5, 0.6) is 0 Å². The van der Waals surface area contributed by atoms with Crippen molar-refractivity contribution in [1.29, 1.82) is 0 Å². The maximum atomic E-state index is 12.6. The third-order valence-electron chi connectivity index (χ3n) is 5.46. The minimum Gasteiger partial charge on any atom is -0.342 e. The summed E-state index contributed by atoms with van der Waals surface area (Å²) in [6.45, 7) is 3.24. The molecule has 0 atom stereocenters. The molecule has 2 N–H and O–H groups in total. The van der Waals surface area contributed by atoms with Crippen LogP contribution in [0.25, 0.3) is 5.69 Å². The summed E-state index contributed by atoms with van der Waals surface area (Å²) < 4.78 is 1.65. The van der Waals surface area contributed by atoms with Gasteiger partial charge in [0.2, 0.25) is 5.91 Å². The molecule has 0 unspecified atom stereocenters. The summed E-state index contributed by atoms with van der Waals surface area (Å²) in [4.78, 5) is 26.8. The van der Waals surface area contributed by atoms with Crippen LogP contribution >= 0.6 is 0 Å². The number of benzene rings is 1. The highest BCUT2D eigenvalue weighted by Gasteiger charge is 2.28. The Kier molecular flexibility index (Phi) is 5.20. The molecule has 0 spiro atoms. The molecular weight excluding hydrogens is 342 g/mol. The number of nitrogens with zero attached hydrogens (tertiary/aromatic N) is 3. The first-order valence-electron chi connectivity index (χ1n) is 9.61. The van der Waals surface area contributed by atoms with Crippen LogP contribution in [0.15, 0.2) is 46.8 Å². The number of piperidine rings is 1. The number of H-pyrrole nitrogens is 1. The van der Waals surface area contributed by atoms with E-state index in [1.54, 1.807) is 4.57 Å². The number of aromatic nitrogens is 3. The van der Waals surface area contributed by atoms with E-state index in [1.165, 1.54) is 5.57 Å². The molecule has 1 aromatic carbocycles. The van der Waals surface area contributed by atoms with E-state index in [0.29, 0.717) is 19.5 Å². The van der Waals surface area contributed by atoms with Crippen LogP contribution in [-0.2, 0) is 4.79 Å². The number of carbonyl (C=O) groups excluding carboxylic acids is 1. The fraction of sp³-hybridized carbons (Fsp3) is 0.450. The quantitative estimate of drug-likeness (QED) is 0.804. The molecule has 7 nitrogen and oxygen atoms in total. The molecular formula is C20H25N5O2. The normalized spacial score (nSPS) is 18.4. The molecule has 27 heavy (non-hydrogen) atoms. The van der Waals surface area contributed by atoms with Gasteiger partial charge in [-0.05, 0) is 37.9 Å². The van der Waals surface area contributed by atoms with Crippen LogP contribution in [-0.4, -0.2) is 51.8 Å². The van der Waals surface area contributed by atoms with Gasteiger partial charge in [-0.1, -0.05) is 29.8 Å². The number of carbonyl (C=O) groups is 1. The summed E-state index contributed by atoms with van der Waals surface area (Å²) in [5.74, 6) is 1.15. The van der Waals surface area contributed by atoms with Gasteiger partial charge < -0.3 is 10.2 Å². The van der Waals surface area contributed by atoms with E-state index < -0.39 is 0 Å². The first-order chi connectivity index (χ1) is 13.2. The number of likely N-dealkylation sites (tertiary alicyclic amines) is 1. The van der Waals surface area contributed by atoms with Crippen molar-refractivity contribution < 1.29 is 4.79 Å². The van der Waals surface area contributed by atoms with Crippen LogP contribution in [0, 0.1) is 0 Å². The minimum absolute atomic E-state index is 0.173. The summed E-state index contributed by atoms with van der Waals surface area (Å²) in [5.41, 5.74) is 1.85. The Morgan fingerprint density at radius 1 is 1.19 bits per heavy atom. The van der Waals surface area contributed by atoms with E-state index in [2.05, 4.69) is 21.6 Å². The second-order valence-electron chi connectivity index (χ2n) is 7.21. The van der Waals surface area contributed by atoms with Crippen molar-refractivity contribution >= 4 is 5.91 Å². The lowest BCUT2D eigenvalue weighted by atomic mass is 9.95. The van der Waals surface area contributed by atoms with Crippen LogP contribution in [0.3, 0.4) is 0 Å². The lowest BCUT2D eigenvalue weighted by Gasteiger charge is -2.32. The van der Waals surface area contributed by atoms with Gasteiger partial charge in [-0.3, -0.25) is 4.79 Å². The van der Waals surface area contributed by atoms with Gasteiger partial charge in [0.1, 0.15) is 5.82 Å². The number of rotatable bonds is 4. The van der Waals surface area contributed by atoms with Gasteiger partial charge in [0.15, 0.2) is 0 Å². The molecule has 3 heterocycles. The van der Waals surface area contributed by atoms with Crippen molar-refractivity contribution in [2.45, 2.75) is 31.6 Å². The second-order valence-corrected chi connectivity index (χ2v) is 7.21. The van der Waals surface area contributed by atoms with Crippen LogP contribution in [0.2, 0.25) is 0 Å². The maximum absolute atomic E-state index is 12.6. The molecule has 7 heteroatoms. The van der Waals surface area contributed by atoms with E-state index in [4.69, 9.17) is 0 Å². The Morgan fingerprint density at radius 2 is 1.96 bits per heavy atom. The molecule has 0 radical (unpaired) electrons. The van der Waals surface area contributed by atoms with E-state index in [1.807, 2.05) is 35.2 Å². The molecule has 1 amide bonds. The zero-order chi connectivity index (χ0) is 18.6. The Bertz CT molecular complexity index is 875. The zero-order valence-electron chi connectivity index (χ0n) is 15.4. The fourth-order valence-corrected chi connectivity index (χ4v) is 3.93. The van der Waals surface area contributed by atoms with E-state index >= 15 is 0 Å². The number of para-hydroxylation sites is 1. The molecule has 0 aliphatic carbocycles. The summed E-state index contributed by atoms with van der Waals surface area (Å²) in [6, 6.07) is 9.57. The molecule has 0 saturated carbocycles. The van der Waals surface area contributed by atoms with Crippen LogP contribution in [0.4, 0.5) is 0 Å². The summed E-state index contributed by atoms with van der Waals surface area (Å²) in [5, 5.41) is 10.1. The van der Waals surface area contributed by atoms with Crippen molar-refractivity contribution in [2.75, 3.05) is 26.2 Å². The van der Waals surface area contributed by atoms with Gasteiger partial charge in [0, 0.05) is 32.0 Å². The highest BCUT2D eigenvalue weighted by Crippen LogP contribution is 2.28. The molecule has 1 aromatic heterocycles. The van der Waals surface area contributed by atoms with E-state index in [0.717, 1.165) is 43.9 Å². The Morgan fingerprint density at radius 3 is 2.67 bits per heavy atom. The van der Waals surface area contributed by atoms with Crippen molar-refractivity contribution in [3.8, 4) is 5.69 Å². The number of hydrogen-bond donors (Lipinski definition) is 2. The average Bonchev–Trinajstić information content (AvgIpc) is 3.11. The average molecular weight is 367 g/mol. The predicted molar refractivity (Wildman–Crippen MR) is 103 cm³/mol. The SMILES string of the molecule is O=C(CC1=CCNCC1)N1CCC(c2n[nH]c(=O)n2-c2ccccc2)CC1. The number of aromatic amines is 1. The standard InChI is InChI=1S/C20H25N5O2/c26-18(14-15-6-10-21-11-7-15)24-12-8-16(9-13-24)19-22-23-20(27)25(19)17-4-2-1-3-5-17/h1-6,16,21H,7-14H2,(H,23,27). The summed E-state index contributed by atoms with van der Waals surface area (Å²) in [6.07, 6.45) is 5.27. The van der Waals surface area contributed by atoms with E-state index in [9.17, 15) is 9.59 Å². The lowest BCUT2D eigenvalue weighted by Crippen LogP contribution is -2.39. The first kappa shape index (κ1) is 17.7. The molecule has 4 rings (SSSR count). The maximum Gasteiger partial charge on any atom is 0.347 e. The van der Waals surface area contributed by atoms with Gasteiger partial charge in [-0.2, -0.15) is 5.10 Å². The molecule has 0 bridgehead atoms. The minimum atomic E-state index is -0.215. The molecule has 1 saturated heterocycles. The van der Waals surface area contributed by atoms with Crippen LogP contribution < -0.4 is 11.0 Å². The molecule has 2 aromatic rings. The van der Waals surface area contributed by atoms with Gasteiger partial charge in [0.05, 0.1) is 5.69 Å². The highest BCUT2D eigenvalue weighted by atomic mass is 16.2. The molecule has 142 valence electrons. The van der Waals surface area contributed by atoms with Gasteiger partial charge in [-0.15, -0.1) is 0 Å². The Labute approximate surface area is 158 Å². The number of nitrogens with one attached hydrogen (secondary N) is 2. The largest absolute Gasteiger partial charge is 0.347 e. The monoisotopic (exact) mass is 367 g/mol. The number of hydrogen-bond acceptors (Lipinski definition) is 4. The first-order valence-corrected chi connectivity index (χ1v) is 9.61. The summed E-state index contributed by atoms with van der Waals surface area (Å²) in [7, 11) is 0. The Balaban J connectivity index is 1.42. The Hall–Kier alpha value is -2.67. The smallest absolute Gasteiger partial charge is 0.342 e. The molecule has 1 fully saturated rings. The van der Waals surface area contributed by atoms with Gasteiger partial charge in [-0.25, -0.2) is 14.5 Å². The van der Waals surface area contributed by atoms with E-state index in [-0.39, 0.29) is 17.5 Å². The molecule has 2 aliphatic rings. The molecule has 2 aliphatic heterocycles. The van der Waals surface area contributed by atoms with Crippen molar-refractivity contribution in [3.63, 3.8) is 0 Å². The second kappa shape index (κ2) is 7.92. The topological polar surface area (TPSA) is 83.0 Å². The lowest BCUT2D eigenvalue weighted by molar-refractivity contribution is -0.131. The third kappa shape index (κ3) is 3.88. The van der Waals surface area contributed by atoms with Crippen molar-refractivity contribution in [2.24, 2.45) is 0 Å². The predicted octanol–water partition coefficient (Wildman–Crippen LogP) is 1.58. The van der Waals surface area contributed by atoms with Gasteiger partial charge >= 0.3 is 5.69 Å². The number of amides is 1. The van der Waals surface area contributed by atoms with Crippen molar-refractivity contribution in [3.05, 3.63) is 58.3 Å². The van der Waals surface area contributed by atoms with Crippen LogP contribution in [0.1, 0.15) is 37.4 Å². The fourth-order valence-electron chi connectivity index (χ4n) is 3.93. The third-order valence-corrected chi connectivity index (χ3v) is 5.46. The zero-order valence-corrected chi connectivity index (χ0v) is 15.4. The van der Waals surface area contributed by atoms with Crippen molar-refractivity contribution in [1.82, 2.24) is 25.0 Å².